The Morgan fingerprint density at radius 1 is 1.10 bits per heavy atom. The van der Waals surface area contributed by atoms with Gasteiger partial charge in [0.15, 0.2) is 0 Å². The molecule has 1 aliphatic heterocycles. The van der Waals surface area contributed by atoms with Gasteiger partial charge < -0.3 is 5.11 Å². The molecule has 0 atom stereocenters. The molecule has 0 aliphatic carbocycles. The standard InChI is InChI=1S/C15H9NO4S/c17-14-9(4-3-6-11(14)16(19)20)8-13-15(18)10-5-1-2-7-12(10)21-13/h1-8,17H/p-1/b13-8-. The number of benzene rings is 2. The average molecular weight is 298 g/mol. The summed E-state index contributed by atoms with van der Waals surface area (Å²) in [6.07, 6.45) is 1.42. The minimum Gasteiger partial charge on any atom is -0.867 e. The van der Waals surface area contributed by atoms with Crippen LogP contribution in [0.3, 0.4) is 0 Å². The zero-order chi connectivity index (χ0) is 15.0. The summed E-state index contributed by atoms with van der Waals surface area (Å²) < 4.78 is 0. The minimum absolute atomic E-state index is 0.146. The molecule has 0 N–H and O–H groups in total. The van der Waals surface area contributed by atoms with Crippen LogP contribution in [-0.2, 0) is 0 Å². The van der Waals surface area contributed by atoms with Gasteiger partial charge in [-0.25, -0.2) is 0 Å². The predicted molar refractivity (Wildman–Crippen MR) is 77.1 cm³/mol. The maximum Gasteiger partial charge on any atom is 0.262 e. The van der Waals surface area contributed by atoms with Crippen molar-refractivity contribution in [2.45, 2.75) is 4.90 Å². The number of hydrogen-bond donors (Lipinski definition) is 0. The van der Waals surface area contributed by atoms with Crippen LogP contribution in [0.4, 0.5) is 5.69 Å². The number of fused-ring (bicyclic) bond motifs is 1. The van der Waals surface area contributed by atoms with Crippen molar-refractivity contribution in [1.29, 1.82) is 0 Å². The van der Waals surface area contributed by atoms with Crippen LogP contribution in [0.1, 0.15) is 15.9 Å². The summed E-state index contributed by atoms with van der Waals surface area (Å²) in [5, 5.41) is 22.7. The second-order valence-corrected chi connectivity index (χ2v) is 5.47. The van der Waals surface area contributed by atoms with E-state index < -0.39 is 16.4 Å². The molecule has 0 fully saturated rings. The first kappa shape index (κ1) is 13.4. The normalized spacial score (nSPS) is 15.2. The molecule has 3 rings (SSSR count). The molecule has 0 bridgehead atoms. The molecule has 1 aliphatic rings. The first-order chi connectivity index (χ1) is 10.1. The first-order valence-electron chi connectivity index (χ1n) is 6.05. The van der Waals surface area contributed by atoms with Gasteiger partial charge in [-0.2, -0.15) is 0 Å². The summed E-state index contributed by atoms with van der Waals surface area (Å²) in [4.78, 5) is 23.5. The minimum atomic E-state index is -0.720. The van der Waals surface area contributed by atoms with Crippen LogP contribution >= 0.6 is 11.8 Å². The van der Waals surface area contributed by atoms with Crippen LogP contribution < -0.4 is 5.11 Å². The number of nitro groups is 1. The number of hydrogen-bond acceptors (Lipinski definition) is 5. The van der Waals surface area contributed by atoms with Gasteiger partial charge in [0.2, 0.25) is 5.78 Å². The van der Waals surface area contributed by atoms with Crippen LogP contribution in [0, 0.1) is 10.1 Å². The van der Waals surface area contributed by atoms with Gasteiger partial charge in [0.05, 0.1) is 9.83 Å². The number of allylic oxidation sites excluding steroid dienone is 1. The maximum atomic E-state index is 12.2. The van der Waals surface area contributed by atoms with E-state index in [4.69, 9.17) is 0 Å². The van der Waals surface area contributed by atoms with Crippen LogP contribution in [0.2, 0.25) is 0 Å². The Labute approximate surface area is 124 Å². The fourth-order valence-electron chi connectivity index (χ4n) is 2.08. The molecular weight excluding hydrogens is 290 g/mol. The summed E-state index contributed by atoms with van der Waals surface area (Å²) >= 11 is 1.26. The molecule has 2 aromatic rings. The monoisotopic (exact) mass is 298 g/mol. The van der Waals surface area contributed by atoms with Gasteiger partial charge in [-0.05, 0) is 29.5 Å². The lowest BCUT2D eigenvalue weighted by molar-refractivity contribution is -0.398. The lowest BCUT2D eigenvalue weighted by Gasteiger charge is -2.10. The van der Waals surface area contributed by atoms with E-state index in [0.29, 0.717) is 10.5 Å². The molecule has 0 spiro atoms. The van der Waals surface area contributed by atoms with E-state index in [2.05, 4.69) is 0 Å². The van der Waals surface area contributed by atoms with Crippen molar-refractivity contribution in [3.05, 3.63) is 68.6 Å². The third kappa shape index (κ3) is 2.30. The van der Waals surface area contributed by atoms with Crippen molar-refractivity contribution in [3.8, 4) is 5.75 Å². The summed E-state index contributed by atoms with van der Waals surface area (Å²) in [5.41, 5.74) is 0.247. The van der Waals surface area contributed by atoms with Crippen LogP contribution in [0.15, 0.2) is 52.3 Å². The molecule has 2 aromatic carbocycles. The second-order valence-electron chi connectivity index (χ2n) is 4.39. The number of nitro benzene ring substituents is 1. The molecule has 0 unspecified atom stereocenters. The number of ketones is 1. The summed E-state index contributed by atoms with van der Waals surface area (Å²) in [6, 6.07) is 11.2. The molecular formula is C15H8NO4S-. The molecule has 21 heavy (non-hydrogen) atoms. The van der Waals surface area contributed by atoms with E-state index in [1.165, 1.54) is 30.0 Å². The van der Waals surface area contributed by atoms with Crippen molar-refractivity contribution in [3.63, 3.8) is 0 Å². The molecule has 0 aromatic heterocycles. The van der Waals surface area contributed by atoms with Crippen molar-refractivity contribution in [2.24, 2.45) is 0 Å². The second kappa shape index (κ2) is 5.06. The molecule has 104 valence electrons. The van der Waals surface area contributed by atoms with E-state index >= 15 is 0 Å². The highest BCUT2D eigenvalue weighted by Crippen LogP contribution is 2.41. The molecule has 0 radical (unpaired) electrons. The van der Waals surface area contributed by atoms with E-state index in [1.54, 1.807) is 12.1 Å². The first-order valence-corrected chi connectivity index (χ1v) is 6.87. The Hall–Kier alpha value is -2.60. The van der Waals surface area contributed by atoms with E-state index in [9.17, 15) is 20.0 Å². The van der Waals surface area contributed by atoms with Gasteiger partial charge in [-0.15, -0.1) is 0 Å². The van der Waals surface area contributed by atoms with E-state index in [0.717, 1.165) is 11.0 Å². The van der Waals surface area contributed by atoms with Crippen LogP contribution in [0.25, 0.3) is 6.08 Å². The largest absolute Gasteiger partial charge is 0.867 e. The van der Waals surface area contributed by atoms with Crippen molar-refractivity contribution in [2.75, 3.05) is 0 Å². The van der Waals surface area contributed by atoms with Crippen LogP contribution in [0.5, 0.6) is 5.75 Å². The third-order valence-corrected chi connectivity index (χ3v) is 4.18. The van der Waals surface area contributed by atoms with Gasteiger partial charge in [0, 0.05) is 16.5 Å². The summed E-state index contributed by atoms with van der Waals surface area (Å²) in [7, 11) is 0. The molecule has 1 heterocycles. The topological polar surface area (TPSA) is 83.3 Å². The quantitative estimate of drug-likeness (QED) is 0.483. The Morgan fingerprint density at radius 3 is 2.57 bits per heavy atom. The van der Waals surface area contributed by atoms with Crippen LogP contribution in [-0.4, -0.2) is 10.7 Å². The van der Waals surface area contributed by atoms with Crippen molar-refractivity contribution >= 4 is 29.3 Å². The number of carbonyl (C=O) groups is 1. The Kier molecular flexibility index (Phi) is 3.23. The number of nitrogens with zero attached hydrogens (tertiary/aromatic N) is 1. The number of thioether (sulfide) groups is 1. The van der Waals surface area contributed by atoms with Gasteiger partial charge in [0.25, 0.3) is 5.69 Å². The predicted octanol–water partition coefficient (Wildman–Crippen LogP) is 3.00. The highest BCUT2D eigenvalue weighted by Gasteiger charge is 2.25. The fraction of sp³-hybridized carbons (Fsp3) is 0. The summed E-state index contributed by atoms with van der Waals surface area (Å²) in [6.45, 7) is 0. The molecule has 0 saturated heterocycles. The Bertz CT molecular complexity index is 798. The number of rotatable bonds is 2. The lowest BCUT2D eigenvalue weighted by Crippen LogP contribution is -2.00. The summed E-state index contributed by atoms with van der Waals surface area (Å²) in [5.74, 6) is -0.846. The van der Waals surface area contributed by atoms with Gasteiger partial charge >= 0.3 is 0 Å². The third-order valence-electron chi connectivity index (χ3n) is 3.08. The van der Waals surface area contributed by atoms with Crippen molar-refractivity contribution in [1.82, 2.24) is 0 Å². The molecule has 6 heteroatoms. The molecule has 0 saturated carbocycles. The van der Waals surface area contributed by atoms with Crippen molar-refractivity contribution < 1.29 is 14.8 Å². The lowest BCUT2D eigenvalue weighted by atomic mass is 10.1. The fourth-order valence-corrected chi connectivity index (χ4v) is 3.12. The maximum absolute atomic E-state index is 12.2. The Balaban J connectivity index is 2.04. The SMILES string of the molecule is O=C1/C(=C/c2cccc([N+](=O)[O-])c2[O-])Sc2ccccc21. The highest BCUT2D eigenvalue weighted by molar-refractivity contribution is 8.04. The molecule has 0 amide bonds. The zero-order valence-electron chi connectivity index (χ0n) is 10.6. The van der Waals surface area contributed by atoms with Gasteiger partial charge in [-0.1, -0.05) is 36.0 Å². The van der Waals surface area contributed by atoms with E-state index in [-0.39, 0.29) is 11.3 Å². The smallest absolute Gasteiger partial charge is 0.262 e. The van der Waals surface area contributed by atoms with Gasteiger partial charge in [0.1, 0.15) is 0 Å². The number of carbonyl (C=O) groups excluding carboxylic acids is 1. The Morgan fingerprint density at radius 2 is 1.86 bits per heavy atom. The number of Topliss-reactive ketones (excluding diaryl/α,β-unsaturated/α-hetero) is 1. The highest BCUT2D eigenvalue weighted by atomic mass is 32.2. The average Bonchev–Trinajstić information content (AvgIpc) is 2.78. The zero-order valence-corrected chi connectivity index (χ0v) is 11.4. The van der Waals surface area contributed by atoms with Gasteiger partial charge in [-0.3, -0.25) is 14.9 Å². The number of para-hydroxylation sites is 1. The van der Waals surface area contributed by atoms with E-state index in [1.807, 2.05) is 12.1 Å². The molecule has 5 nitrogen and oxygen atoms in total.